The molecule has 1 N–H and O–H groups in total. The van der Waals surface area contributed by atoms with E-state index in [9.17, 15) is 0 Å². The number of rotatable bonds is 9. The Morgan fingerprint density at radius 1 is 1.24 bits per heavy atom. The normalized spacial score (nSPS) is 21.9. The molecule has 1 unspecified atom stereocenters. The van der Waals surface area contributed by atoms with Gasteiger partial charge in [-0.1, -0.05) is 0 Å². The summed E-state index contributed by atoms with van der Waals surface area (Å²) in [5.41, 5.74) is 0. The quantitative estimate of drug-likeness (QED) is 0.616. The minimum Gasteiger partial charge on any atom is -0.380 e. The zero-order valence-electron chi connectivity index (χ0n) is 11.4. The summed E-state index contributed by atoms with van der Waals surface area (Å²) in [6.45, 7) is 12.0. The highest BCUT2D eigenvalue weighted by molar-refractivity contribution is 4.73. The van der Waals surface area contributed by atoms with Gasteiger partial charge in [0, 0.05) is 39.4 Å². The van der Waals surface area contributed by atoms with E-state index in [0.29, 0.717) is 6.10 Å². The number of hydrogen-bond donors (Lipinski definition) is 1. The van der Waals surface area contributed by atoms with Gasteiger partial charge in [-0.15, -0.1) is 0 Å². The highest BCUT2D eigenvalue weighted by atomic mass is 16.5. The molecule has 1 heterocycles. The van der Waals surface area contributed by atoms with Crippen molar-refractivity contribution in [2.45, 2.75) is 32.8 Å². The predicted octanol–water partition coefficient (Wildman–Crippen LogP) is 1.11. The molecule has 0 aromatic heterocycles. The number of nitrogens with zero attached hydrogens (tertiary/aromatic N) is 1. The summed E-state index contributed by atoms with van der Waals surface area (Å²) in [6.07, 6.45) is 2.95. The molecule has 1 atom stereocenters. The predicted molar refractivity (Wildman–Crippen MR) is 70.5 cm³/mol. The van der Waals surface area contributed by atoms with Crippen LogP contribution in [0.25, 0.3) is 0 Å². The summed E-state index contributed by atoms with van der Waals surface area (Å²) in [5, 5.41) is 3.41. The lowest BCUT2D eigenvalue weighted by molar-refractivity contribution is 0.00626. The average Bonchev–Trinajstić information content (AvgIpc) is 2.35. The van der Waals surface area contributed by atoms with Crippen LogP contribution in [0.15, 0.2) is 0 Å². The van der Waals surface area contributed by atoms with E-state index in [0.717, 1.165) is 46.0 Å². The summed E-state index contributed by atoms with van der Waals surface area (Å²) in [7, 11) is 0. The summed E-state index contributed by atoms with van der Waals surface area (Å²) in [4.78, 5) is 2.50. The van der Waals surface area contributed by atoms with Crippen molar-refractivity contribution in [3.63, 3.8) is 0 Å². The third-order valence-corrected chi connectivity index (χ3v) is 3.10. The van der Waals surface area contributed by atoms with Gasteiger partial charge in [-0.3, -0.25) is 4.90 Å². The zero-order valence-corrected chi connectivity index (χ0v) is 11.4. The molecule has 0 aromatic rings. The molecule has 1 fully saturated rings. The third-order valence-electron chi connectivity index (χ3n) is 3.10. The zero-order chi connectivity index (χ0) is 12.3. The van der Waals surface area contributed by atoms with Crippen molar-refractivity contribution in [3.05, 3.63) is 0 Å². The van der Waals surface area contributed by atoms with Crippen LogP contribution in [-0.2, 0) is 9.47 Å². The van der Waals surface area contributed by atoms with E-state index < -0.39 is 0 Å². The summed E-state index contributed by atoms with van der Waals surface area (Å²) in [5.74, 6) is 0. The Morgan fingerprint density at radius 3 is 2.88 bits per heavy atom. The number of likely N-dealkylation sites (tertiary alicyclic amines) is 1. The number of nitrogens with one attached hydrogen (secondary N) is 1. The van der Waals surface area contributed by atoms with Crippen molar-refractivity contribution in [2.24, 2.45) is 0 Å². The van der Waals surface area contributed by atoms with Crippen LogP contribution in [0.1, 0.15) is 26.7 Å². The summed E-state index contributed by atoms with van der Waals surface area (Å²) < 4.78 is 11.0. The highest BCUT2D eigenvalue weighted by Crippen LogP contribution is 2.12. The molecule has 1 aliphatic rings. The molecule has 0 aromatic carbocycles. The smallest absolute Gasteiger partial charge is 0.0702 e. The SMILES string of the molecule is CCOCCNCCN1CCCC(OCC)C1. The van der Waals surface area contributed by atoms with Gasteiger partial charge in [0.1, 0.15) is 0 Å². The minimum absolute atomic E-state index is 0.456. The first-order chi connectivity index (χ1) is 8.36. The first-order valence-corrected chi connectivity index (χ1v) is 6.99. The largest absolute Gasteiger partial charge is 0.380 e. The second-order valence-electron chi connectivity index (χ2n) is 4.47. The van der Waals surface area contributed by atoms with E-state index in [-0.39, 0.29) is 0 Å². The number of hydrogen-bond acceptors (Lipinski definition) is 4. The maximum atomic E-state index is 5.69. The monoisotopic (exact) mass is 244 g/mol. The van der Waals surface area contributed by atoms with E-state index in [1.165, 1.54) is 19.4 Å². The molecule has 0 amide bonds. The molecule has 0 spiro atoms. The molecular formula is C13H28N2O2. The maximum Gasteiger partial charge on any atom is 0.0702 e. The lowest BCUT2D eigenvalue weighted by Crippen LogP contribution is -2.43. The lowest BCUT2D eigenvalue weighted by atomic mass is 10.1. The Kier molecular flexibility index (Phi) is 8.61. The molecule has 0 saturated carbocycles. The first-order valence-electron chi connectivity index (χ1n) is 6.99. The fraction of sp³-hybridized carbons (Fsp3) is 1.00. The van der Waals surface area contributed by atoms with Gasteiger partial charge in [0.05, 0.1) is 12.7 Å². The van der Waals surface area contributed by atoms with Gasteiger partial charge in [-0.05, 0) is 33.2 Å². The lowest BCUT2D eigenvalue weighted by Gasteiger charge is -2.32. The van der Waals surface area contributed by atoms with Crippen LogP contribution < -0.4 is 5.32 Å². The molecule has 0 aliphatic carbocycles. The van der Waals surface area contributed by atoms with Gasteiger partial charge >= 0.3 is 0 Å². The van der Waals surface area contributed by atoms with E-state index in [4.69, 9.17) is 9.47 Å². The number of piperidine rings is 1. The molecule has 0 bridgehead atoms. The average molecular weight is 244 g/mol. The van der Waals surface area contributed by atoms with Crippen molar-refractivity contribution >= 4 is 0 Å². The third kappa shape index (κ3) is 6.99. The van der Waals surface area contributed by atoms with Crippen molar-refractivity contribution < 1.29 is 9.47 Å². The van der Waals surface area contributed by atoms with Crippen LogP contribution in [0.2, 0.25) is 0 Å². The van der Waals surface area contributed by atoms with Gasteiger partial charge in [0.2, 0.25) is 0 Å². The molecule has 17 heavy (non-hydrogen) atoms. The van der Waals surface area contributed by atoms with Gasteiger partial charge in [0.25, 0.3) is 0 Å². The fourth-order valence-electron chi connectivity index (χ4n) is 2.24. The van der Waals surface area contributed by atoms with Crippen LogP contribution in [-0.4, -0.2) is 63.5 Å². The Morgan fingerprint density at radius 2 is 2.12 bits per heavy atom. The second kappa shape index (κ2) is 9.83. The molecule has 102 valence electrons. The van der Waals surface area contributed by atoms with Gasteiger partial charge in [-0.25, -0.2) is 0 Å². The van der Waals surface area contributed by atoms with Crippen LogP contribution in [0, 0.1) is 0 Å². The molecule has 4 heteroatoms. The van der Waals surface area contributed by atoms with Gasteiger partial charge < -0.3 is 14.8 Å². The Balaban J connectivity index is 1.98. The Bertz CT molecular complexity index is 177. The Hall–Kier alpha value is -0.160. The topological polar surface area (TPSA) is 33.7 Å². The summed E-state index contributed by atoms with van der Waals surface area (Å²) in [6, 6.07) is 0. The minimum atomic E-state index is 0.456. The van der Waals surface area contributed by atoms with E-state index >= 15 is 0 Å². The van der Waals surface area contributed by atoms with Gasteiger partial charge in [0.15, 0.2) is 0 Å². The summed E-state index contributed by atoms with van der Waals surface area (Å²) >= 11 is 0. The first kappa shape index (κ1) is 14.9. The van der Waals surface area contributed by atoms with Crippen LogP contribution in [0.3, 0.4) is 0 Å². The fourth-order valence-corrected chi connectivity index (χ4v) is 2.24. The maximum absolute atomic E-state index is 5.69. The Labute approximate surface area is 106 Å². The molecule has 4 nitrogen and oxygen atoms in total. The van der Waals surface area contributed by atoms with E-state index in [1.807, 2.05) is 6.92 Å². The van der Waals surface area contributed by atoms with Crippen molar-refractivity contribution in [1.29, 1.82) is 0 Å². The van der Waals surface area contributed by atoms with E-state index in [2.05, 4.69) is 17.1 Å². The van der Waals surface area contributed by atoms with Crippen LogP contribution in [0.4, 0.5) is 0 Å². The second-order valence-corrected chi connectivity index (χ2v) is 4.47. The molecule has 1 aliphatic heterocycles. The molecular weight excluding hydrogens is 216 g/mol. The number of ether oxygens (including phenoxy) is 2. The molecule has 1 saturated heterocycles. The van der Waals surface area contributed by atoms with E-state index in [1.54, 1.807) is 0 Å². The molecule has 0 radical (unpaired) electrons. The highest BCUT2D eigenvalue weighted by Gasteiger charge is 2.19. The van der Waals surface area contributed by atoms with Crippen molar-refractivity contribution in [2.75, 3.05) is 52.5 Å². The standard InChI is InChI=1S/C13H28N2O2/c1-3-16-11-8-14-7-10-15-9-5-6-13(12-15)17-4-2/h13-14H,3-12H2,1-2H3. The van der Waals surface area contributed by atoms with Crippen LogP contribution in [0.5, 0.6) is 0 Å². The van der Waals surface area contributed by atoms with Crippen LogP contribution >= 0.6 is 0 Å². The van der Waals surface area contributed by atoms with Crippen molar-refractivity contribution in [1.82, 2.24) is 10.2 Å². The van der Waals surface area contributed by atoms with Crippen molar-refractivity contribution in [3.8, 4) is 0 Å². The molecule has 1 rings (SSSR count). The van der Waals surface area contributed by atoms with Gasteiger partial charge in [-0.2, -0.15) is 0 Å².